The number of pyridine rings is 1. The summed E-state index contributed by atoms with van der Waals surface area (Å²) in [7, 11) is 0. The van der Waals surface area contributed by atoms with E-state index in [1.807, 2.05) is 29.3 Å². The number of nitrogens with zero attached hydrogens (tertiary/aromatic N) is 3. The van der Waals surface area contributed by atoms with Crippen LogP contribution in [0, 0.1) is 0 Å². The molecule has 1 fully saturated rings. The van der Waals surface area contributed by atoms with Crippen LogP contribution in [0.2, 0.25) is 0 Å². The van der Waals surface area contributed by atoms with E-state index < -0.39 is 0 Å². The predicted molar refractivity (Wildman–Crippen MR) is 95.5 cm³/mol. The predicted octanol–water partition coefficient (Wildman–Crippen LogP) is 2.75. The summed E-state index contributed by atoms with van der Waals surface area (Å²) in [6.45, 7) is 5.81. The Bertz CT molecular complexity index is 644. The molecule has 1 aromatic carbocycles. The van der Waals surface area contributed by atoms with Gasteiger partial charge in [-0.25, -0.2) is 0 Å². The van der Waals surface area contributed by atoms with Crippen LogP contribution in [0.5, 0.6) is 0 Å². The van der Waals surface area contributed by atoms with Crippen LogP contribution in [-0.4, -0.2) is 46.4 Å². The fourth-order valence-corrected chi connectivity index (χ4v) is 3.33. The van der Waals surface area contributed by atoms with Gasteiger partial charge in [-0.1, -0.05) is 36.4 Å². The van der Waals surface area contributed by atoms with Gasteiger partial charge in [0.05, 0.1) is 0 Å². The number of amides is 1. The lowest BCUT2D eigenvalue weighted by atomic mass is 10.1. The Morgan fingerprint density at radius 3 is 2.62 bits per heavy atom. The molecular weight excluding hydrogens is 298 g/mol. The zero-order chi connectivity index (χ0) is 16.8. The Hall–Kier alpha value is -2.20. The summed E-state index contributed by atoms with van der Waals surface area (Å²) in [6.07, 6.45) is 4.94. The lowest BCUT2D eigenvalue weighted by Crippen LogP contribution is -2.53. The van der Waals surface area contributed by atoms with Gasteiger partial charge in [0.25, 0.3) is 0 Å². The number of benzene rings is 1. The molecular formula is C20H25N3O. The molecule has 1 unspecified atom stereocenters. The van der Waals surface area contributed by atoms with Gasteiger partial charge in [-0.05, 0) is 30.5 Å². The molecule has 0 saturated carbocycles. The lowest BCUT2D eigenvalue weighted by Gasteiger charge is -2.40. The van der Waals surface area contributed by atoms with Gasteiger partial charge in [-0.3, -0.25) is 14.7 Å². The third kappa shape index (κ3) is 4.42. The number of aromatic nitrogens is 1. The molecule has 0 N–H and O–H groups in total. The van der Waals surface area contributed by atoms with E-state index in [-0.39, 0.29) is 11.9 Å². The van der Waals surface area contributed by atoms with Crippen molar-refractivity contribution in [2.45, 2.75) is 32.4 Å². The fraction of sp³-hybridized carbons (Fsp3) is 0.400. The van der Waals surface area contributed by atoms with E-state index in [9.17, 15) is 4.79 Å². The molecule has 0 aliphatic carbocycles. The number of carbonyl (C=O) groups excluding carboxylic acids is 1. The second-order valence-electron chi connectivity index (χ2n) is 6.52. The van der Waals surface area contributed by atoms with Gasteiger partial charge in [0.2, 0.25) is 5.91 Å². The average Bonchev–Trinajstić information content (AvgIpc) is 2.61. The number of aryl methyl sites for hydroxylation is 1. The van der Waals surface area contributed by atoms with Gasteiger partial charge in [-0.2, -0.15) is 0 Å². The van der Waals surface area contributed by atoms with Crippen LogP contribution in [0.15, 0.2) is 54.9 Å². The molecule has 3 rings (SSSR count). The van der Waals surface area contributed by atoms with Crippen molar-refractivity contribution in [3.8, 4) is 0 Å². The van der Waals surface area contributed by atoms with Crippen LogP contribution in [0.4, 0.5) is 0 Å². The summed E-state index contributed by atoms with van der Waals surface area (Å²) >= 11 is 0. The molecule has 4 nitrogen and oxygen atoms in total. The van der Waals surface area contributed by atoms with Crippen LogP contribution in [0.25, 0.3) is 0 Å². The molecule has 2 aromatic rings. The topological polar surface area (TPSA) is 36.4 Å². The van der Waals surface area contributed by atoms with Gasteiger partial charge >= 0.3 is 0 Å². The summed E-state index contributed by atoms with van der Waals surface area (Å²) in [6, 6.07) is 14.8. The summed E-state index contributed by atoms with van der Waals surface area (Å²) in [4.78, 5) is 21.1. The molecule has 1 saturated heterocycles. The zero-order valence-electron chi connectivity index (χ0n) is 14.3. The number of piperazine rings is 1. The third-order valence-electron chi connectivity index (χ3n) is 4.63. The quantitative estimate of drug-likeness (QED) is 0.849. The van der Waals surface area contributed by atoms with Crippen molar-refractivity contribution in [3.05, 3.63) is 66.0 Å². The number of carbonyl (C=O) groups is 1. The van der Waals surface area contributed by atoms with Crippen molar-refractivity contribution in [3.63, 3.8) is 0 Å². The minimum atomic E-state index is 0.255. The fourth-order valence-electron chi connectivity index (χ4n) is 3.33. The van der Waals surface area contributed by atoms with E-state index in [4.69, 9.17) is 0 Å². The largest absolute Gasteiger partial charge is 0.337 e. The Morgan fingerprint density at radius 2 is 1.92 bits per heavy atom. The summed E-state index contributed by atoms with van der Waals surface area (Å²) in [5, 5.41) is 0. The van der Waals surface area contributed by atoms with E-state index in [1.165, 1.54) is 5.56 Å². The monoisotopic (exact) mass is 323 g/mol. The summed E-state index contributed by atoms with van der Waals surface area (Å²) in [5.41, 5.74) is 2.46. The first-order valence-electron chi connectivity index (χ1n) is 8.67. The van der Waals surface area contributed by atoms with Crippen molar-refractivity contribution in [1.82, 2.24) is 14.8 Å². The summed E-state index contributed by atoms with van der Waals surface area (Å²) in [5.74, 6) is 0.255. The third-order valence-corrected chi connectivity index (χ3v) is 4.63. The Kier molecular flexibility index (Phi) is 5.59. The molecule has 0 bridgehead atoms. The van der Waals surface area contributed by atoms with E-state index in [0.29, 0.717) is 6.42 Å². The molecule has 1 aromatic heterocycles. The minimum absolute atomic E-state index is 0.255. The molecule has 24 heavy (non-hydrogen) atoms. The average molecular weight is 323 g/mol. The molecule has 1 atom stereocenters. The maximum Gasteiger partial charge on any atom is 0.223 e. The Labute approximate surface area is 144 Å². The molecule has 1 aliphatic rings. The second kappa shape index (κ2) is 8.06. The van der Waals surface area contributed by atoms with Crippen LogP contribution in [0.3, 0.4) is 0 Å². The first-order valence-corrected chi connectivity index (χ1v) is 8.67. The van der Waals surface area contributed by atoms with Gasteiger partial charge in [0.1, 0.15) is 0 Å². The number of hydrogen-bond donors (Lipinski definition) is 0. The van der Waals surface area contributed by atoms with Crippen LogP contribution in [-0.2, 0) is 17.8 Å². The smallest absolute Gasteiger partial charge is 0.223 e. The maximum atomic E-state index is 12.5. The van der Waals surface area contributed by atoms with Gasteiger partial charge in [0, 0.05) is 51.0 Å². The molecule has 4 heteroatoms. The molecule has 126 valence electrons. The molecule has 2 heterocycles. The van der Waals surface area contributed by atoms with Crippen LogP contribution < -0.4 is 0 Å². The first-order chi connectivity index (χ1) is 11.7. The zero-order valence-corrected chi connectivity index (χ0v) is 14.3. The SMILES string of the molecule is CC1CN(Cc2ccccc2)CCN1C(=O)CCc1cccnc1. The molecule has 1 aliphatic heterocycles. The lowest BCUT2D eigenvalue weighted by molar-refractivity contribution is -0.135. The van der Waals surface area contributed by atoms with Crippen molar-refractivity contribution in [2.75, 3.05) is 19.6 Å². The van der Waals surface area contributed by atoms with E-state index >= 15 is 0 Å². The number of hydrogen-bond acceptors (Lipinski definition) is 3. The maximum absolute atomic E-state index is 12.5. The molecule has 1 amide bonds. The Balaban J connectivity index is 1.49. The van der Waals surface area contributed by atoms with Crippen LogP contribution in [0.1, 0.15) is 24.5 Å². The summed E-state index contributed by atoms with van der Waals surface area (Å²) < 4.78 is 0. The highest BCUT2D eigenvalue weighted by atomic mass is 16.2. The van der Waals surface area contributed by atoms with E-state index in [1.54, 1.807) is 6.20 Å². The van der Waals surface area contributed by atoms with Gasteiger partial charge in [0.15, 0.2) is 0 Å². The minimum Gasteiger partial charge on any atom is -0.337 e. The van der Waals surface area contributed by atoms with E-state index in [0.717, 1.165) is 38.2 Å². The normalized spacial score (nSPS) is 18.5. The van der Waals surface area contributed by atoms with Crippen molar-refractivity contribution in [2.24, 2.45) is 0 Å². The highest BCUT2D eigenvalue weighted by Gasteiger charge is 2.26. The van der Waals surface area contributed by atoms with Crippen molar-refractivity contribution < 1.29 is 4.79 Å². The highest BCUT2D eigenvalue weighted by Crippen LogP contribution is 2.15. The second-order valence-corrected chi connectivity index (χ2v) is 6.52. The van der Waals surface area contributed by atoms with Gasteiger partial charge in [-0.15, -0.1) is 0 Å². The Morgan fingerprint density at radius 1 is 1.12 bits per heavy atom. The van der Waals surface area contributed by atoms with E-state index in [2.05, 4.69) is 41.1 Å². The highest BCUT2D eigenvalue weighted by molar-refractivity contribution is 5.77. The standard InChI is InChI=1S/C20H25N3O/c1-17-15-22(16-19-6-3-2-4-7-19)12-13-23(17)20(24)10-9-18-8-5-11-21-14-18/h2-8,11,14,17H,9-10,12-13,15-16H2,1H3. The van der Waals surface area contributed by atoms with Crippen LogP contribution >= 0.6 is 0 Å². The molecule has 0 spiro atoms. The van der Waals surface area contributed by atoms with Crippen molar-refractivity contribution in [1.29, 1.82) is 0 Å². The van der Waals surface area contributed by atoms with Crippen molar-refractivity contribution >= 4 is 5.91 Å². The van der Waals surface area contributed by atoms with Gasteiger partial charge < -0.3 is 4.90 Å². The molecule has 0 radical (unpaired) electrons. The first kappa shape index (κ1) is 16.7. The number of rotatable bonds is 5.